The zero-order chi connectivity index (χ0) is 24.0. The Labute approximate surface area is 204 Å². The molecule has 1 N–H and O–H groups in total. The first-order valence-electron chi connectivity index (χ1n) is 10.6. The van der Waals surface area contributed by atoms with E-state index in [-0.39, 0.29) is 23.7 Å². The molecule has 0 aliphatic rings. The van der Waals surface area contributed by atoms with E-state index in [0.29, 0.717) is 28.3 Å². The van der Waals surface area contributed by atoms with E-state index in [2.05, 4.69) is 10.3 Å². The standard InChI is InChI=1S/C26H26Cl2N2O3/c1-17(30-25(32)26(2,3)33-24-12-9-19(16-31)15-29-24)23(20-5-4-6-22(28)14-20)13-18-7-10-21(27)11-8-18/h4-12,14-17,23H,13H2,1-3H3,(H,30,32). The molecule has 1 heterocycles. The fourth-order valence-corrected chi connectivity index (χ4v) is 3.83. The van der Waals surface area contributed by atoms with Gasteiger partial charge in [-0.25, -0.2) is 4.98 Å². The van der Waals surface area contributed by atoms with E-state index in [1.54, 1.807) is 26.0 Å². The van der Waals surface area contributed by atoms with Crippen LogP contribution in [0, 0.1) is 0 Å². The Morgan fingerprint density at radius 1 is 1.09 bits per heavy atom. The van der Waals surface area contributed by atoms with Gasteiger partial charge in [0.15, 0.2) is 11.9 Å². The van der Waals surface area contributed by atoms with Crippen molar-refractivity contribution in [2.24, 2.45) is 0 Å². The molecular weight excluding hydrogens is 459 g/mol. The summed E-state index contributed by atoms with van der Waals surface area (Å²) in [6.45, 7) is 5.32. The van der Waals surface area contributed by atoms with Gasteiger partial charge in [0.1, 0.15) is 0 Å². The van der Waals surface area contributed by atoms with E-state index in [0.717, 1.165) is 11.1 Å². The average Bonchev–Trinajstić information content (AvgIpc) is 2.78. The van der Waals surface area contributed by atoms with Crippen LogP contribution in [-0.2, 0) is 11.2 Å². The minimum atomic E-state index is -1.18. The number of carbonyl (C=O) groups is 2. The van der Waals surface area contributed by atoms with Gasteiger partial charge in [0.2, 0.25) is 5.88 Å². The molecule has 0 bridgehead atoms. The van der Waals surface area contributed by atoms with Gasteiger partial charge in [-0.2, -0.15) is 0 Å². The quantitative estimate of drug-likeness (QED) is 0.384. The number of nitrogens with zero attached hydrogens (tertiary/aromatic N) is 1. The van der Waals surface area contributed by atoms with Crippen LogP contribution in [0.2, 0.25) is 10.0 Å². The molecule has 0 spiro atoms. The van der Waals surface area contributed by atoms with Crippen LogP contribution in [0.4, 0.5) is 0 Å². The van der Waals surface area contributed by atoms with Crippen LogP contribution in [0.15, 0.2) is 66.9 Å². The van der Waals surface area contributed by atoms with Crippen molar-refractivity contribution in [3.63, 3.8) is 0 Å². The second-order valence-corrected chi connectivity index (χ2v) is 9.29. The SMILES string of the molecule is CC(NC(=O)C(C)(C)Oc1ccc(C=O)cn1)C(Cc1ccc(Cl)cc1)c1cccc(Cl)c1. The van der Waals surface area contributed by atoms with Gasteiger partial charge in [0.25, 0.3) is 5.91 Å². The Hall–Kier alpha value is -2.89. The summed E-state index contributed by atoms with van der Waals surface area (Å²) in [4.78, 5) is 28.1. The molecule has 5 nitrogen and oxygen atoms in total. The lowest BCUT2D eigenvalue weighted by Crippen LogP contribution is -2.51. The molecule has 0 aliphatic heterocycles. The van der Waals surface area contributed by atoms with Crippen molar-refractivity contribution >= 4 is 35.4 Å². The van der Waals surface area contributed by atoms with Gasteiger partial charge in [0.05, 0.1) is 0 Å². The number of aromatic nitrogens is 1. The van der Waals surface area contributed by atoms with E-state index >= 15 is 0 Å². The number of pyridine rings is 1. The summed E-state index contributed by atoms with van der Waals surface area (Å²) in [7, 11) is 0. The van der Waals surface area contributed by atoms with Gasteiger partial charge in [-0.3, -0.25) is 9.59 Å². The fraction of sp³-hybridized carbons (Fsp3) is 0.269. The lowest BCUT2D eigenvalue weighted by atomic mass is 9.86. The van der Waals surface area contributed by atoms with Gasteiger partial charge in [-0.05, 0) is 68.7 Å². The summed E-state index contributed by atoms with van der Waals surface area (Å²) in [5.74, 6) is -0.0463. The second kappa shape index (κ2) is 10.8. The number of benzene rings is 2. The molecule has 2 aromatic carbocycles. The van der Waals surface area contributed by atoms with Crippen molar-refractivity contribution in [3.8, 4) is 5.88 Å². The molecule has 33 heavy (non-hydrogen) atoms. The monoisotopic (exact) mass is 484 g/mol. The van der Waals surface area contributed by atoms with E-state index < -0.39 is 5.60 Å². The Kier molecular flexibility index (Phi) is 8.11. The molecule has 1 amide bonds. The number of halogens is 2. The van der Waals surface area contributed by atoms with Gasteiger partial charge >= 0.3 is 0 Å². The van der Waals surface area contributed by atoms with Crippen molar-refractivity contribution in [2.75, 3.05) is 0 Å². The summed E-state index contributed by atoms with van der Waals surface area (Å²) in [5, 5.41) is 4.41. The molecule has 0 aliphatic carbocycles. The fourth-order valence-electron chi connectivity index (χ4n) is 3.51. The van der Waals surface area contributed by atoms with Gasteiger partial charge in [0, 0.05) is 39.8 Å². The molecule has 0 saturated heterocycles. The molecule has 172 valence electrons. The zero-order valence-electron chi connectivity index (χ0n) is 18.7. The third kappa shape index (κ3) is 6.80. The average molecular weight is 485 g/mol. The molecule has 7 heteroatoms. The number of hydrogen-bond acceptors (Lipinski definition) is 4. The predicted molar refractivity (Wildman–Crippen MR) is 131 cm³/mol. The van der Waals surface area contributed by atoms with Crippen LogP contribution in [0.1, 0.15) is 48.2 Å². The number of rotatable bonds is 9. The van der Waals surface area contributed by atoms with Crippen LogP contribution >= 0.6 is 23.2 Å². The lowest BCUT2D eigenvalue weighted by Gasteiger charge is -2.30. The lowest BCUT2D eigenvalue weighted by molar-refractivity contribution is -0.135. The highest BCUT2D eigenvalue weighted by atomic mass is 35.5. The topological polar surface area (TPSA) is 68.3 Å². The van der Waals surface area contributed by atoms with Crippen LogP contribution in [0.25, 0.3) is 0 Å². The van der Waals surface area contributed by atoms with Crippen molar-refractivity contribution in [2.45, 2.75) is 44.8 Å². The molecule has 0 fully saturated rings. The number of hydrogen-bond donors (Lipinski definition) is 1. The molecule has 0 radical (unpaired) electrons. The first-order valence-corrected chi connectivity index (χ1v) is 11.3. The number of aldehydes is 1. The minimum Gasteiger partial charge on any atom is -0.462 e. The maximum absolute atomic E-state index is 13.1. The van der Waals surface area contributed by atoms with E-state index in [9.17, 15) is 9.59 Å². The summed E-state index contributed by atoms with van der Waals surface area (Å²) in [5.41, 5.74) is 1.38. The van der Waals surface area contributed by atoms with Crippen molar-refractivity contribution in [1.82, 2.24) is 10.3 Å². The number of ether oxygens (including phenoxy) is 1. The summed E-state index contributed by atoms with van der Waals surface area (Å²) < 4.78 is 5.83. The van der Waals surface area contributed by atoms with E-state index in [1.807, 2.05) is 55.5 Å². The van der Waals surface area contributed by atoms with Crippen molar-refractivity contribution in [1.29, 1.82) is 0 Å². The number of amides is 1. The molecule has 3 rings (SSSR count). The third-order valence-corrected chi connectivity index (χ3v) is 5.90. The van der Waals surface area contributed by atoms with Crippen LogP contribution in [-0.4, -0.2) is 28.8 Å². The van der Waals surface area contributed by atoms with Crippen molar-refractivity contribution in [3.05, 3.63) is 93.6 Å². The zero-order valence-corrected chi connectivity index (χ0v) is 20.2. The summed E-state index contributed by atoms with van der Waals surface area (Å²) in [6.07, 6.45) is 2.79. The maximum Gasteiger partial charge on any atom is 0.263 e. The second-order valence-electron chi connectivity index (χ2n) is 8.41. The van der Waals surface area contributed by atoms with Crippen LogP contribution in [0.3, 0.4) is 0 Å². The minimum absolute atomic E-state index is 0.0328. The Bertz CT molecular complexity index is 1100. The number of carbonyl (C=O) groups excluding carboxylic acids is 2. The molecule has 3 aromatic rings. The Morgan fingerprint density at radius 3 is 2.42 bits per heavy atom. The predicted octanol–water partition coefficient (Wildman–Crippen LogP) is 5.89. The first-order chi connectivity index (χ1) is 15.7. The maximum atomic E-state index is 13.1. The van der Waals surface area contributed by atoms with Gasteiger partial charge < -0.3 is 10.1 Å². The summed E-state index contributed by atoms with van der Waals surface area (Å²) >= 11 is 12.3. The van der Waals surface area contributed by atoms with E-state index in [1.165, 1.54) is 6.20 Å². The molecule has 1 aromatic heterocycles. The van der Waals surface area contributed by atoms with Crippen LogP contribution < -0.4 is 10.1 Å². The largest absolute Gasteiger partial charge is 0.462 e. The molecule has 2 atom stereocenters. The summed E-state index contributed by atoms with van der Waals surface area (Å²) in [6, 6.07) is 18.3. The first kappa shape index (κ1) is 24.7. The van der Waals surface area contributed by atoms with Gasteiger partial charge in [-0.15, -0.1) is 0 Å². The highest BCUT2D eigenvalue weighted by Crippen LogP contribution is 2.28. The normalized spacial score (nSPS) is 13.1. The highest BCUT2D eigenvalue weighted by Gasteiger charge is 2.33. The highest BCUT2D eigenvalue weighted by molar-refractivity contribution is 6.30. The van der Waals surface area contributed by atoms with Gasteiger partial charge in [-0.1, -0.05) is 47.5 Å². The Morgan fingerprint density at radius 2 is 1.82 bits per heavy atom. The van der Waals surface area contributed by atoms with E-state index in [4.69, 9.17) is 27.9 Å². The third-order valence-electron chi connectivity index (χ3n) is 5.41. The molecule has 2 unspecified atom stereocenters. The molecular formula is C26H26Cl2N2O3. The Balaban J connectivity index is 1.77. The number of nitrogens with one attached hydrogen (secondary N) is 1. The smallest absolute Gasteiger partial charge is 0.263 e. The van der Waals surface area contributed by atoms with Crippen LogP contribution in [0.5, 0.6) is 5.88 Å². The van der Waals surface area contributed by atoms with Crippen molar-refractivity contribution < 1.29 is 14.3 Å². The molecule has 0 saturated carbocycles.